The lowest BCUT2D eigenvalue weighted by molar-refractivity contribution is -0.556. The molecule has 6 nitrogen and oxygen atoms in total. The highest BCUT2D eigenvalue weighted by molar-refractivity contribution is 5.32. The Hall–Kier alpha value is -1.37. The van der Waals surface area contributed by atoms with Gasteiger partial charge in [-0.3, -0.25) is 0 Å². The maximum absolute atomic E-state index is 13.8. The SMILES string of the molecule is [O-][C@@H]1O[C@H](CO)[C@@H](O)[C@H](O)[C@]1(O)c1c(F)c(F)c(F)c(F)c1F. The summed E-state index contributed by atoms with van der Waals surface area (Å²) in [6.45, 7) is -1.01. The Kier molecular flexibility index (Phi) is 4.63. The summed E-state index contributed by atoms with van der Waals surface area (Å²) in [5.41, 5.74) is -5.72. The van der Waals surface area contributed by atoms with Crippen molar-refractivity contribution in [1.82, 2.24) is 0 Å². The summed E-state index contributed by atoms with van der Waals surface area (Å²) in [4.78, 5) is 0. The quantitative estimate of drug-likeness (QED) is 0.291. The predicted molar refractivity (Wildman–Crippen MR) is 57.9 cm³/mol. The molecule has 23 heavy (non-hydrogen) atoms. The highest BCUT2D eigenvalue weighted by atomic mass is 19.2. The largest absolute Gasteiger partial charge is 0.829 e. The maximum Gasteiger partial charge on any atom is 0.200 e. The van der Waals surface area contributed by atoms with E-state index in [0.717, 1.165) is 0 Å². The van der Waals surface area contributed by atoms with Crippen molar-refractivity contribution < 1.29 is 52.2 Å². The molecule has 1 aliphatic heterocycles. The number of hydrogen-bond donors (Lipinski definition) is 4. The molecule has 0 amide bonds. The minimum Gasteiger partial charge on any atom is -0.829 e. The number of hydrogen-bond acceptors (Lipinski definition) is 6. The van der Waals surface area contributed by atoms with Gasteiger partial charge in [0.25, 0.3) is 0 Å². The van der Waals surface area contributed by atoms with Crippen molar-refractivity contribution in [3.8, 4) is 0 Å². The van der Waals surface area contributed by atoms with E-state index in [-0.39, 0.29) is 0 Å². The average molecular weight is 345 g/mol. The van der Waals surface area contributed by atoms with Crippen molar-refractivity contribution in [1.29, 1.82) is 0 Å². The second kappa shape index (κ2) is 5.92. The van der Waals surface area contributed by atoms with Crippen LogP contribution in [0.15, 0.2) is 0 Å². The van der Waals surface area contributed by atoms with Crippen LogP contribution in [-0.2, 0) is 10.3 Å². The minimum absolute atomic E-state index is 1.01. The fourth-order valence-corrected chi connectivity index (χ4v) is 2.32. The van der Waals surface area contributed by atoms with Crippen LogP contribution in [0.25, 0.3) is 0 Å². The second-order valence-corrected chi connectivity index (χ2v) is 4.89. The molecule has 0 saturated carbocycles. The molecule has 0 aromatic heterocycles. The maximum atomic E-state index is 13.8. The summed E-state index contributed by atoms with van der Waals surface area (Å²) in [5.74, 6) is -12.5. The van der Waals surface area contributed by atoms with Gasteiger partial charge in [-0.1, -0.05) is 0 Å². The Morgan fingerprint density at radius 1 is 0.957 bits per heavy atom. The zero-order chi connectivity index (χ0) is 17.7. The summed E-state index contributed by atoms with van der Waals surface area (Å²) in [7, 11) is 0. The number of ether oxygens (including phenoxy) is 1. The first kappa shape index (κ1) is 18.0. The molecule has 130 valence electrons. The van der Waals surface area contributed by atoms with Crippen molar-refractivity contribution >= 4 is 0 Å². The number of rotatable bonds is 2. The molecule has 2 rings (SSSR count). The first-order valence-corrected chi connectivity index (χ1v) is 6.11. The highest BCUT2D eigenvalue weighted by Gasteiger charge is 2.54. The fourth-order valence-electron chi connectivity index (χ4n) is 2.32. The number of halogens is 5. The first-order chi connectivity index (χ1) is 10.6. The molecule has 4 N–H and O–H groups in total. The van der Waals surface area contributed by atoms with Crippen molar-refractivity contribution in [3.63, 3.8) is 0 Å². The molecule has 11 heteroatoms. The van der Waals surface area contributed by atoms with Crippen LogP contribution < -0.4 is 5.11 Å². The summed E-state index contributed by atoms with van der Waals surface area (Å²) in [6.07, 6.45) is -9.60. The lowest BCUT2D eigenvalue weighted by atomic mass is 9.80. The van der Waals surface area contributed by atoms with Gasteiger partial charge in [0, 0.05) is 6.29 Å². The number of aliphatic hydroxyl groups is 4. The van der Waals surface area contributed by atoms with Gasteiger partial charge in [-0.05, 0) is 0 Å². The molecule has 0 radical (unpaired) electrons. The van der Waals surface area contributed by atoms with Crippen LogP contribution in [0.5, 0.6) is 0 Å². The van der Waals surface area contributed by atoms with Gasteiger partial charge in [-0.25, -0.2) is 22.0 Å². The predicted octanol–water partition coefficient (Wildman–Crippen LogP) is -1.63. The van der Waals surface area contributed by atoms with Gasteiger partial charge < -0.3 is 30.3 Å². The van der Waals surface area contributed by atoms with Crippen LogP contribution in [0.2, 0.25) is 0 Å². The molecule has 1 aromatic carbocycles. The lowest BCUT2D eigenvalue weighted by Gasteiger charge is -2.51. The zero-order valence-corrected chi connectivity index (χ0v) is 11.0. The van der Waals surface area contributed by atoms with Crippen molar-refractivity contribution in [3.05, 3.63) is 34.6 Å². The van der Waals surface area contributed by atoms with Crippen LogP contribution in [0.3, 0.4) is 0 Å². The Morgan fingerprint density at radius 3 is 1.83 bits per heavy atom. The van der Waals surface area contributed by atoms with Crippen molar-refractivity contribution in [2.24, 2.45) is 0 Å². The Labute approximate surface area is 125 Å². The van der Waals surface area contributed by atoms with Crippen LogP contribution >= 0.6 is 0 Å². The third kappa shape index (κ3) is 2.40. The van der Waals surface area contributed by atoms with Crippen LogP contribution in [-0.4, -0.2) is 51.6 Å². The average Bonchev–Trinajstić information content (AvgIpc) is 2.53. The third-order valence-electron chi connectivity index (χ3n) is 3.60. The Morgan fingerprint density at radius 2 is 1.39 bits per heavy atom. The topological polar surface area (TPSA) is 113 Å². The Bertz CT molecular complexity index is 599. The smallest absolute Gasteiger partial charge is 0.200 e. The molecule has 1 fully saturated rings. The van der Waals surface area contributed by atoms with Crippen LogP contribution in [0.4, 0.5) is 22.0 Å². The molecule has 0 aliphatic carbocycles. The van der Waals surface area contributed by atoms with Crippen molar-refractivity contribution in [2.75, 3.05) is 6.61 Å². The van der Waals surface area contributed by atoms with E-state index in [4.69, 9.17) is 5.11 Å². The molecule has 5 atom stereocenters. The Balaban J connectivity index is 2.69. The van der Waals surface area contributed by atoms with E-state index in [1.807, 2.05) is 0 Å². The molecule has 1 saturated heterocycles. The molecule has 1 heterocycles. The van der Waals surface area contributed by atoms with Crippen LogP contribution in [0, 0.1) is 29.1 Å². The van der Waals surface area contributed by atoms with Gasteiger partial charge in [-0.15, -0.1) is 0 Å². The number of benzene rings is 1. The monoisotopic (exact) mass is 345 g/mol. The number of aliphatic hydroxyl groups excluding tert-OH is 3. The van der Waals surface area contributed by atoms with E-state index < -0.39 is 71.5 Å². The first-order valence-electron chi connectivity index (χ1n) is 6.11. The summed E-state index contributed by atoms with van der Waals surface area (Å²) < 4.78 is 71.4. The molecular weight excluding hydrogens is 335 g/mol. The second-order valence-electron chi connectivity index (χ2n) is 4.89. The summed E-state index contributed by atoms with van der Waals surface area (Å²) >= 11 is 0. The molecular formula is C12H10F5O6-. The minimum atomic E-state index is -3.69. The highest BCUT2D eigenvalue weighted by Crippen LogP contribution is 2.40. The fraction of sp³-hybridized carbons (Fsp3) is 0.500. The van der Waals surface area contributed by atoms with E-state index in [1.165, 1.54) is 0 Å². The van der Waals surface area contributed by atoms with E-state index >= 15 is 0 Å². The van der Waals surface area contributed by atoms with E-state index in [1.54, 1.807) is 0 Å². The standard InChI is InChI=1S/C12H10F5O6/c13-4-3(5(14)7(16)8(17)6(4)15)12(22)10(20)9(19)2(1-18)23-11(12)21/h2,9-11,18-20,22H,1H2/q-1/t2-,9-,10+,11-,12-/m1/s1. The van der Waals surface area contributed by atoms with Gasteiger partial charge in [0.2, 0.25) is 5.82 Å². The molecule has 1 aromatic rings. The molecule has 0 bridgehead atoms. The van der Waals surface area contributed by atoms with Gasteiger partial charge >= 0.3 is 0 Å². The molecule has 0 spiro atoms. The van der Waals surface area contributed by atoms with E-state index in [9.17, 15) is 42.4 Å². The van der Waals surface area contributed by atoms with E-state index in [0.29, 0.717) is 0 Å². The summed E-state index contributed by atoms with van der Waals surface area (Å²) in [5, 5.41) is 50.1. The van der Waals surface area contributed by atoms with Gasteiger partial charge in [0.1, 0.15) is 23.9 Å². The third-order valence-corrected chi connectivity index (χ3v) is 3.60. The van der Waals surface area contributed by atoms with Crippen molar-refractivity contribution in [2.45, 2.75) is 30.2 Å². The zero-order valence-electron chi connectivity index (χ0n) is 11.0. The van der Waals surface area contributed by atoms with Gasteiger partial charge in [0.05, 0.1) is 12.2 Å². The summed E-state index contributed by atoms with van der Waals surface area (Å²) in [6, 6.07) is 0. The van der Waals surface area contributed by atoms with Gasteiger partial charge in [0.15, 0.2) is 23.3 Å². The van der Waals surface area contributed by atoms with E-state index in [2.05, 4.69) is 4.74 Å². The van der Waals surface area contributed by atoms with Gasteiger partial charge in [-0.2, -0.15) is 0 Å². The van der Waals surface area contributed by atoms with Crippen LogP contribution in [0.1, 0.15) is 5.56 Å². The molecule has 0 unspecified atom stereocenters. The normalized spacial score (nSPS) is 34.7. The lowest BCUT2D eigenvalue weighted by Crippen LogP contribution is -2.68. The molecule has 1 aliphatic rings.